The van der Waals surface area contributed by atoms with Crippen LogP contribution in [0.5, 0.6) is 5.75 Å². The van der Waals surface area contributed by atoms with Gasteiger partial charge in [0.05, 0.1) is 18.9 Å². The largest absolute Gasteiger partial charge is 0.496 e. The number of anilines is 1. The lowest BCUT2D eigenvalue weighted by Gasteiger charge is -2.13. The van der Waals surface area contributed by atoms with Gasteiger partial charge in [-0.25, -0.2) is 4.39 Å². The summed E-state index contributed by atoms with van der Waals surface area (Å²) in [5.41, 5.74) is 8.11. The molecule has 0 bridgehead atoms. The summed E-state index contributed by atoms with van der Waals surface area (Å²) in [6, 6.07) is 1.41. The van der Waals surface area contributed by atoms with Gasteiger partial charge in [0.2, 0.25) is 5.88 Å². The van der Waals surface area contributed by atoms with Gasteiger partial charge in [-0.3, -0.25) is 0 Å². The molecule has 0 aliphatic heterocycles. The second kappa shape index (κ2) is 4.08. The molecule has 0 saturated heterocycles. The zero-order chi connectivity index (χ0) is 12.6. The molecule has 0 atom stereocenters. The van der Waals surface area contributed by atoms with E-state index in [4.69, 9.17) is 15.0 Å². The third kappa shape index (κ3) is 1.73. The van der Waals surface area contributed by atoms with Crippen molar-refractivity contribution in [1.82, 2.24) is 5.16 Å². The third-order valence-corrected chi connectivity index (χ3v) is 2.81. The van der Waals surface area contributed by atoms with Crippen LogP contribution in [0.1, 0.15) is 11.1 Å². The quantitative estimate of drug-likeness (QED) is 0.870. The molecule has 0 aliphatic carbocycles. The van der Waals surface area contributed by atoms with E-state index in [0.717, 1.165) is 5.56 Å². The fourth-order valence-electron chi connectivity index (χ4n) is 1.89. The SMILES string of the molecule is COc1c(C)c(F)cc(-c2cnoc2N)c1C. The first-order valence-corrected chi connectivity index (χ1v) is 5.10. The van der Waals surface area contributed by atoms with Crippen molar-refractivity contribution < 1.29 is 13.7 Å². The Labute approximate surface area is 98.2 Å². The number of ether oxygens (including phenoxy) is 1. The lowest BCUT2D eigenvalue weighted by atomic mass is 9.99. The lowest BCUT2D eigenvalue weighted by molar-refractivity contribution is 0.404. The predicted octanol–water partition coefficient (Wildman–Crippen LogP) is 2.69. The van der Waals surface area contributed by atoms with Gasteiger partial charge in [-0.2, -0.15) is 0 Å². The van der Waals surface area contributed by atoms with Gasteiger partial charge < -0.3 is 15.0 Å². The van der Waals surface area contributed by atoms with Gasteiger partial charge in [-0.1, -0.05) is 5.16 Å². The first-order valence-electron chi connectivity index (χ1n) is 5.10. The zero-order valence-corrected chi connectivity index (χ0v) is 9.87. The van der Waals surface area contributed by atoms with Crippen LogP contribution in [0.4, 0.5) is 10.3 Å². The van der Waals surface area contributed by atoms with E-state index < -0.39 is 0 Å². The van der Waals surface area contributed by atoms with Gasteiger partial charge in [-0.15, -0.1) is 0 Å². The average Bonchev–Trinajstić information content (AvgIpc) is 2.71. The van der Waals surface area contributed by atoms with E-state index in [1.54, 1.807) is 6.92 Å². The molecule has 17 heavy (non-hydrogen) atoms. The Balaban J connectivity index is 2.72. The minimum absolute atomic E-state index is 0.165. The second-order valence-electron chi connectivity index (χ2n) is 3.79. The summed E-state index contributed by atoms with van der Waals surface area (Å²) in [7, 11) is 1.51. The molecule has 1 heterocycles. The Kier molecular flexibility index (Phi) is 2.75. The summed E-state index contributed by atoms with van der Waals surface area (Å²) in [4.78, 5) is 0. The highest BCUT2D eigenvalue weighted by molar-refractivity contribution is 5.77. The Morgan fingerprint density at radius 1 is 1.29 bits per heavy atom. The van der Waals surface area contributed by atoms with Crippen molar-refractivity contribution in [3.8, 4) is 16.9 Å². The van der Waals surface area contributed by atoms with E-state index >= 15 is 0 Å². The van der Waals surface area contributed by atoms with Crippen molar-refractivity contribution >= 4 is 5.88 Å². The fraction of sp³-hybridized carbons (Fsp3) is 0.250. The maximum Gasteiger partial charge on any atom is 0.229 e. The van der Waals surface area contributed by atoms with E-state index in [1.165, 1.54) is 19.4 Å². The number of rotatable bonds is 2. The zero-order valence-electron chi connectivity index (χ0n) is 9.87. The van der Waals surface area contributed by atoms with E-state index in [0.29, 0.717) is 22.4 Å². The number of nitrogens with zero attached hydrogens (tertiary/aromatic N) is 1. The fourth-order valence-corrected chi connectivity index (χ4v) is 1.89. The van der Waals surface area contributed by atoms with Crippen LogP contribution in [-0.2, 0) is 0 Å². The summed E-state index contributed by atoms with van der Waals surface area (Å²) in [5, 5.41) is 3.58. The molecular formula is C12H13FN2O2. The van der Waals surface area contributed by atoms with Gasteiger partial charge in [-0.05, 0) is 31.0 Å². The summed E-state index contributed by atoms with van der Waals surface area (Å²) < 4.78 is 23.7. The van der Waals surface area contributed by atoms with Crippen LogP contribution in [0.25, 0.3) is 11.1 Å². The summed E-state index contributed by atoms with van der Waals surface area (Å²) >= 11 is 0. The van der Waals surface area contributed by atoms with Gasteiger partial charge >= 0.3 is 0 Å². The maximum absolute atomic E-state index is 13.8. The molecule has 1 aromatic carbocycles. The molecule has 5 heteroatoms. The molecule has 1 aromatic heterocycles. The number of hydrogen-bond donors (Lipinski definition) is 1. The number of benzene rings is 1. The van der Waals surface area contributed by atoms with Crippen LogP contribution in [0, 0.1) is 19.7 Å². The summed E-state index contributed by atoms with van der Waals surface area (Å²) in [6.45, 7) is 3.51. The standard InChI is InChI=1S/C12H13FN2O2/c1-6-8(9-5-15-17-12(9)14)4-10(13)7(2)11(6)16-3/h4-5H,14H2,1-3H3. The minimum atomic E-state index is -0.344. The average molecular weight is 236 g/mol. The van der Waals surface area contributed by atoms with E-state index in [9.17, 15) is 4.39 Å². The Morgan fingerprint density at radius 3 is 2.53 bits per heavy atom. The summed E-state index contributed by atoms with van der Waals surface area (Å²) in [5.74, 6) is 0.335. The molecular weight excluding hydrogens is 223 g/mol. The summed E-state index contributed by atoms with van der Waals surface area (Å²) in [6.07, 6.45) is 1.46. The minimum Gasteiger partial charge on any atom is -0.496 e. The van der Waals surface area contributed by atoms with Gasteiger partial charge in [0.25, 0.3) is 0 Å². The number of methoxy groups -OCH3 is 1. The Bertz CT molecular complexity index is 564. The number of halogens is 1. The van der Waals surface area contributed by atoms with E-state index in [-0.39, 0.29) is 11.7 Å². The topological polar surface area (TPSA) is 61.3 Å². The first-order chi connectivity index (χ1) is 8.06. The van der Waals surface area contributed by atoms with Crippen LogP contribution < -0.4 is 10.5 Å². The molecule has 0 fully saturated rings. The number of aromatic nitrogens is 1. The lowest BCUT2D eigenvalue weighted by Crippen LogP contribution is -1.97. The first kappa shape index (κ1) is 11.4. The van der Waals surface area contributed by atoms with Crippen LogP contribution in [0.2, 0.25) is 0 Å². The smallest absolute Gasteiger partial charge is 0.229 e. The van der Waals surface area contributed by atoms with Crippen molar-refractivity contribution in [2.45, 2.75) is 13.8 Å². The molecule has 2 aromatic rings. The Hall–Kier alpha value is -2.04. The molecule has 0 radical (unpaired) electrons. The normalized spacial score (nSPS) is 10.6. The van der Waals surface area contributed by atoms with Gasteiger partial charge in [0.1, 0.15) is 11.6 Å². The van der Waals surface area contributed by atoms with Crippen LogP contribution in [0.3, 0.4) is 0 Å². The number of nitrogens with two attached hydrogens (primary N) is 1. The maximum atomic E-state index is 13.8. The van der Waals surface area contributed by atoms with Gasteiger partial charge in [0.15, 0.2) is 0 Å². The Morgan fingerprint density at radius 2 is 2.00 bits per heavy atom. The van der Waals surface area contributed by atoms with Crippen molar-refractivity contribution in [3.05, 3.63) is 29.2 Å². The van der Waals surface area contributed by atoms with Gasteiger partial charge in [0, 0.05) is 5.56 Å². The third-order valence-electron chi connectivity index (χ3n) is 2.81. The number of hydrogen-bond acceptors (Lipinski definition) is 4. The highest BCUT2D eigenvalue weighted by atomic mass is 19.1. The second-order valence-corrected chi connectivity index (χ2v) is 3.79. The molecule has 0 spiro atoms. The van der Waals surface area contributed by atoms with Crippen LogP contribution in [0.15, 0.2) is 16.8 Å². The highest BCUT2D eigenvalue weighted by Gasteiger charge is 2.17. The van der Waals surface area contributed by atoms with Crippen molar-refractivity contribution in [3.63, 3.8) is 0 Å². The molecule has 0 saturated carbocycles. The van der Waals surface area contributed by atoms with Crippen molar-refractivity contribution in [2.24, 2.45) is 0 Å². The molecule has 2 N–H and O–H groups in total. The highest BCUT2D eigenvalue weighted by Crippen LogP contribution is 2.36. The molecule has 0 aliphatic rings. The van der Waals surface area contributed by atoms with E-state index in [2.05, 4.69) is 5.16 Å². The van der Waals surface area contributed by atoms with Crippen LogP contribution in [-0.4, -0.2) is 12.3 Å². The van der Waals surface area contributed by atoms with Crippen molar-refractivity contribution in [2.75, 3.05) is 12.8 Å². The molecule has 4 nitrogen and oxygen atoms in total. The molecule has 0 unspecified atom stereocenters. The van der Waals surface area contributed by atoms with E-state index in [1.807, 2.05) is 6.92 Å². The molecule has 0 amide bonds. The predicted molar refractivity (Wildman–Crippen MR) is 62.3 cm³/mol. The van der Waals surface area contributed by atoms with Crippen LogP contribution >= 0.6 is 0 Å². The van der Waals surface area contributed by atoms with Crippen molar-refractivity contribution in [1.29, 1.82) is 0 Å². The monoisotopic (exact) mass is 236 g/mol. The number of nitrogen functional groups attached to an aromatic ring is 1. The molecule has 2 rings (SSSR count). The molecule has 90 valence electrons.